The molecule has 2 aromatic carbocycles. The number of ether oxygens (including phenoxy) is 1. The topological polar surface area (TPSA) is 63.2 Å². The maximum Gasteiger partial charge on any atom is 0.228 e. The molecule has 5 nitrogen and oxygen atoms in total. The first kappa shape index (κ1) is 14.7. The van der Waals surface area contributed by atoms with Crippen LogP contribution in [0, 0.1) is 0 Å². The van der Waals surface area contributed by atoms with E-state index >= 15 is 0 Å². The fourth-order valence-corrected chi connectivity index (χ4v) is 3.39. The molecule has 2 N–H and O–H groups in total. The van der Waals surface area contributed by atoms with E-state index < -0.39 is 0 Å². The van der Waals surface area contributed by atoms with E-state index in [1.165, 1.54) is 0 Å². The predicted molar refractivity (Wildman–Crippen MR) is 96.2 cm³/mol. The van der Waals surface area contributed by atoms with Crippen LogP contribution >= 0.6 is 11.3 Å². The minimum atomic E-state index is 0.0438. The molecular weight excluding hydrogens is 322 g/mol. The SMILES string of the molecule is COc1ccc(Nc2nc(-c3ccc4c(c3)CC(=O)N4)cs2)cc1. The first-order chi connectivity index (χ1) is 11.7. The van der Waals surface area contributed by atoms with Crippen LogP contribution in [0.5, 0.6) is 5.75 Å². The van der Waals surface area contributed by atoms with Crippen molar-refractivity contribution in [2.45, 2.75) is 6.42 Å². The zero-order valence-electron chi connectivity index (χ0n) is 13.0. The molecule has 24 heavy (non-hydrogen) atoms. The van der Waals surface area contributed by atoms with Gasteiger partial charge in [0.1, 0.15) is 5.75 Å². The highest BCUT2D eigenvalue weighted by Gasteiger charge is 2.18. The van der Waals surface area contributed by atoms with Gasteiger partial charge in [-0.2, -0.15) is 0 Å². The van der Waals surface area contributed by atoms with Crippen molar-refractivity contribution >= 4 is 33.8 Å². The van der Waals surface area contributed by atoms with Crippen LogP contribution in [0.2, 0.25) is 0 Å². The van der Waals surface area contributed by atoms with E-state index in [1.54, 1.807) is 18.4 Å². The molecule has 2 heterocycles. The van der Waals surface area contributed by atoms with Crippen LogP contribution in [-0.2, 0) is 11.2 Å². The lowest BCUT2D eigenvalue weighted by Crippen LogP contribution is -2.03. The Morgan fingerprint density at radius 2 is 2.04 bits per heavy atom. The molecule has 1 aromatic heterocycles. The summed E-state index contributed by atoms with van der Waals surface area (Å²) in [7, 11) is 1.65. The lowest BCUT2D eigenvalue weighted by Gasteiger charge is -2.04. The number of fused-ring (bicyclic) bond motifs is 1. The van der Waals surface area contributed by atoms with Gasteiger partial charge in [-0.3, -0.25) is 4.79 Å². The Labute approximate surface area is 143 Å². The largest absolute Gasteiger partial charge is 0.497 e. The number of nitrogens with zero attached hydrogens (tertiary/aromatic N) is 1. The van der Waals surface area contributed by atoms with Gasteiger partial charge < -0.3 is 15.4 Å². The van der Waals surface area contributed by atoms with Crippen molar-refractivity contribution in [3.05, 3.63) is 53.4 Å². The molecule has 3 aromatic rings. The van der Waals surface area contributed by atoms with Crippen molar-refractivity contribution in [3.63, 3.8) is 0 Å². The Bertz CT molecular complexity index is 903. The highest BCUT2D eigenvalue weighted by Crippen LogP contribution is 2.31. The van der Waals surface area contributed by atoms with Gasteiger partial charge in [0.2, 0.25) is 5.91 Å². The Balaban J connectivity index is 1.54. The molecule has 0 unspecified atom stereocenters. The molecule has 6 heteroatoms. The standard InChI is InChI=1S/C18H15N3O2S/c1-23-14-5-3-13(4-6-14)19-18-21-16(10-24-18)11-2-7-15-12(8-11)9-17(22)20-15/h2-8,10H,9H2,1H3,(H,19,21)(H,20,22). The molecule has 0 saturated carbocycles. The second kappa shape index (κ2) is 5.98. The fraction of sp³-hybridized carbons (Fsp3) is 0.111. The Morgan fingerprint density at radius 1 is 1.21 bits per heavy atom. The number of methoxy groups -OCH3 is 1. The smallest absolute Gasteiger partial charge is 0.228 e. The second-order valence-electron chi connectivity index (χ2n) is 5.49. The minimum absolute atomic E-state index is 0.0438. The van der Waals surface area contributed by atoms with E-state index in [2.05, 4.69) is 15.6 Å². The second-order valence-corrected chi connectivity index (χ2v) is 6.35. The highest BCUT2D eigenvalue weighted by molar-refractivity contribution is 7.14. The molecule has 0 atom stereocenters. The average molecular weight is 337 g/mol. The maximum absolute atomic E-state index is 11.5. The zero-order chi connectivity index (χ0) is 16.5. The molecule has 4 rings (SSSR count). The van der Waals surface area contributed by atoms with E-state index in [-0.39, 0.29) is 5.91 Å². The number of nitrogens with one attached hydrogen (secondary N) is 2. The Morgan fingerprint density at radius 3 is 2.83 bits per heavy atom. The number of amides is 1. The molecule has 120 valence electrons. The summed E-state index contributed by atoms with van der Waals surface area (Å²) in [6, 6.07) is 13.7. The molecule has 0 fully saturated rings. The number of hydrogen-bond donors (Lipinski definition) is 2. The van der Waals surface area contributed by atoms with Crippen LogP contribution in [0.15, 0.2) is 47.8 Å². The summed E-state index contributed by atoms with van der Waals surface area (Å²) in [4.78, 5) is 16.1. The molecular formula is C18H15N3O2S. The van der Waals surface area contributed by atoms with E-state index in [4.69, 9.17) is 4.74 Å². The molecule has 0 radical (unpaired) electrons. The van der Waals surface area contributed by atoms with Crippen LogP contribution in [0.25, 0.3) is 11.3 Å². The van der Waals surface area contributed by atoms with Gasteiger partial charge in [-0.25, -0.2) is 4.98 Å². The number of benzene rings is 2. The lowest BCUT2D eigenvalue weighted by atomic mass is 10.1. The predicted octanol–water partition coefficient (Wildman–Crippen LogP) is 4.06. The minimum Gasteiger partial charge on any atom is -0.497 e. The molecule has 1 aliphatic rings. The lowest BCUT2D eigenvalue weighted by molar-refractivity contribution is -0.115. The number of aromatic nitrogens is 1. The van der Waals surface area contributed by atoms with E-state index in [0.717, 1.165) is 39.1 Å². The van der Waals surface area contributed by atoms with Crippen molar-refractivity contribution in [2.75, 3.05) is 17.7 Å². The van der Waals surface area contributed by atoms with Gasteiger partial charge in [0.05, 0.1) is 19.2 Å². The molecule has 1 amide bonds. The molecule has 0 spiro atoms. The van der Waals surface area contributed by atoms with Gasteiger partial charge in [0.25, 0.3) is 0 Å². The van der Waals surface area contributed by atoms with Gasteiger partial charge in [0, 0.05) is 22.3 Å². The average Bonchev–Trinajstić information content (AvgIpc) is 3.20. The maximum atomic E-state index is 11.5. The zero-order valence-corrected chi connectivity index (χ0v) is 13.8. The summed E-state index contributed by atoms with van der Waals surface area (Å²) in [6.07, 6.45) is 0.435. The van der Waals surface area contributed by atoms with Gasteiger partial charge in [-0.15, -0.1) is 11.3 Å². The summed E-state index contributed by atoms with van der Waals surface area (Å²) < 4.78 is 5.16. The van der Waals surface area contributed by atoms with Gasteiger partial charge in [-0.1, -0.05) is 6.07 Å². The first-order valence-electron chi connectivity index (χ1n) is 7.51. The summed E-state index contributed by atoms with van der Waals surface area (Å²) in [5, 5.41) is 8.97. The van der Waals surface area contributed by atoms with Crippen LogP contribution in [0.4, 0.5) is 16.5 Å². The number of carbonyl (C=O) groups is 1. The Kier molecular flexibility index (Phi) is 3.66. The van der Waals surface area contributed by atoms with Crippen LogP contribution in [0.1, 0.15) is 5.56 Å². The van der Waals surface area contributed by atoms with E-state index in [1.807, 2.05) is 47.8 Å². The van der Waals surface area contributed by atoms with E-state index in [0.29, 0.717) is 6.42 Å². The molecule has 0 bridgehead atoms. The number of anilines is 3. The van der Waals surface area contributed by atoms with Crippen LogP contribution < -0.4 is 15.4 Å². The van der Waals surface area contributed by atoms with Gasteiger partial charge in [-0.05, 0) is 42.0 Å². The highest BCUT2D eigenvalue weighted by atomic mass is 32.1. The van der Waals surface area contributed by atoms with Crippen LogP contribution in [-0.4, -0.2) is 18.0 Å². The normalized spacial score (nSPS) is 12.6. The monoisotopic (exact) mass is 337 g/mol. The summed E-state index contributed by atoms with van der Waals surface area (Å²) in [6.45, 7) is 0. The summed E-state index contributed by atoms with van der Waals surface area (Å²) in [5.41, 5.74) is 4.80. The van der Waals surface area contributed by atoms with Gasteiger partial charge in [0.15, 0.2) is 5.13 Å². The number of carbonyl (C=O) groups excluding carboxylic acids is 1. The quantitative estimate of drug-likeness (QED) is 0.754. The number of rotatable bonds is 4. The summed E-state index contributed by atoms with van der Waals surface area (Å²) >= 11 is 1.55. The van der Waals surface area contributed by atoms with E-state index in [9.17, 15) is 4.79 Å². The fourth-order valence-electron chi connectivity index (χ4n) is 2.65. The molecule has 0 saturated heterocycles. The van der Waals surface area contributed by atoms with Crippen molar-refractivity contribution in [3.8, 4) is 17.0 Å². The van der Waals surface area contributed by atoms with Crippen molar-refractivity contribution in [2.24, 2.45) is 0 Å². The summed E-state index contributed by atoms with van der Waals surface area (Å²) in [5.74, 6) is 0.865. The van der Waals surface area contributed by atoms with Crippen molar-refractivity contribution < 1.29 is 9.53 Å². The Hall–Kier alpha value is -2.86. The third-order valence-electron chi connectivity index (χ3n) is 3.87. The van der Waals surface area contributed by atoms with Gasteiger partial charge >= 0.3 is 0 Å². The third-order valence-corrected chi connectivity index (χ3v) is 4.63. The number of thiazole rings is 1. The van der Waals surface area contributed by atoms with Crippen LogP contribution in [0.3, 0.4) is 0 Å². The third kappa shape index (κ3) is 2.83. The molecule has 1 aliphatic heterocycles. The first-order valence-corrected chi connectivity index (χ1v) is 8.39. The van der Waals surface area contributed by atoms with Crippen molar-refractivity contribution in [1.82, 2.24) is 4.98 Å². The number of hydrogen-bond acceptors (Lipinski definition) is 5. The molecule has 0 aliphatic carbocycles. The van der Waals surface area contributed by atoms with Crippen molar-refractivity contribution in [1.29, 1.82) is 0 Å².